The first-order chi connectivity index (χ1) is 9.93. The number of ether oxygens (including phenoxy) is 1. The molecule has 0 aliphatic heterocycles. The van der Waals surface area contributed by atoms with E-state index < -0.39 is 5.97 Å². The van der Waals surface area contributed by atoms with Gasteiger partial charge in [0.05, 0.1) is 18.7 Å². The van der Waals surface area contributed by atoms with E-state index in [2.05, 4.69) is 4.98 Å². The third kappa shape index (κ3) is 3.21. The third-order valence-corrected chi connectivity index (χ3v) is 4.11. The molecular formula is C15H18N2O3S. The first kappa shape index (κ1) is 15.4. The minimum Gasteiger partial charge on any atom is -0.462 e. The van der Waals surface area contributed by atoms with Gasteiger partial charge in [0, 0.05) is 22.8 Å². The third-order valence-electron chi connectivity index (χ3n) is 3.21. The number of carbonyl (C=O) groups excluding carboxylic acids is 1. The van der Waals surface area contributed by atoms with Crippen LogP contribution in [0.5, 0.6) is 0 Å². The number of thiazole rings is 1. The molecule has 2 heterocycles. The number of esters is 1. The van der Waals surface area contributed by atoms with Crippen LogP contribution in [0.2, 0.25) is 0 Å². The molecule has 0 fully saturated rings. The van der Waals surface area contributed by atoms with E-state index in [4.69, 9.17) is 4.74 Å². The lowest BCUT2D eigenvalue weighted by atomic mass is 10.1. The van der Waals surface area contributed by atoms with Crippen LogP contribution in [0.25, 0.3) is 0 Å². The van der Waals surface area contributed by atoms with Gasteiger partial charge in [-0.1, -0.05) is 0 Å². The highest BCUT2D eigenvalue weighted by Gasteiger charge is 2.18. The van der Waals surface area contributed by atoms with Crippen LogP contribution in [0.15, 0.2) is 17.1 Å². The fourth-order valence-corrected chi connectivity index (χ4v) is 3.02. The van der Waals surface area contributed by atoms with Crippen LogP contribution in [-0.2, 0) is 11.3 Å². The second kappa shape index (κ2) is 6.22. The lowest BCUT2D eigenvalue weighted by molar-refractivity contribution is 0.0523. The molecule has 0 aliphatic carbocycles. The normalized spacial score (nSPS) is 10.7. The van der Waals surface area contributed by atoms with Gasteiger partial charge in [-0.05, 0) is 33.3 Å². The maximum atomic E-state index is 12.2. The number of rotatable bonds is 4. The zero-order valence-corrected chi connectivity index (χ0v) is 13.4. The van der Waals surface area contributed by atoms with Gasteiger partial charge in [0.15, 0.2) is 0 Å². The average Bonchev–Trinajstić information content (AvgIpc) is 2.80. The Hall–Kier alpha value is -1.95. The second-order valence-corrected chi connectivity index (χ2v) is 6.12. The van der Waals surface area contributed by atoms with Crippen molar-refractivity contribution in [3.63, 3.8) is 0 Å². The monoisotopic (exact) mass is 306 g/mol. The molecule has 0 bridgehead atoms. The summed E-state index contributed by atoms with van der Waals surface area (Å²) in [5.41, 5.74) is 1.59. The molecule has 0 amide bonds. The lowest BCUT2D eigenvalue weighted by Gasteiger charge is -2.14. The average molecular weight is 306 g/mol. The summed E-state index contributed by atoms with van der Waals surface area (Å²) in [6.07, 6.45) is 1.78. The Bertz CT molecular complexity index is 731. The van der Waals surface area contributed by atoms with E-state index in [0.717, 1.165) is 9.88 Å². The summed E-state index contributed by atoms with van der Waals surface area (Å²) < 4.78 is 6.64. The molecule has 2 aromatic rings. The van der Waals surface area contributed by atoms with E-state index in [9.17, 15) is 9.59 Å². The van der Waals surface area contributed by atoms with E-state index in [1.807, 2.05) is 6.92 Å². The van der Waals surface area contributed by atoms with Gasteiger partial charge in [-0.15, -0.1) is 11.3 Å². The molecule has 21 heavy (non-hydrogen) atoms. The Morgan fingerprint density at radius 2 is 2.10 bits per heavy atom. The number of aryl methyl sites for hydroxylation is 2. The number of nitrogens with zero attached hydrogens (tertiary/aromatic N) is 2. The van der Waals surface area contributed by atoms with Crippen LogP contribution < -0.4 is 5.56 Å². The van der Waals surface area contributed by atoms with Crippen molar-refractivity contribution in [1.82, 2.24) is 9.55 Å². The number of pyridine rings is 1. The van der Waals surface area contributed by atoms with Crippen LogP contribution in [0.4, 0.5) is 0 Å². The van der Waals surface area contributed by atoms with Gasteiger partial charge in [0.2, 0.25) is 0 Å². The summed E-state index contributed by atoms with van der Waals surface area (Å²) in [5.74, 6) is -0.392. The molecule has 0 aromatic carbocycles. The molecule has 2 rings (SSSR count). The first-order valence-corrected chi connectivity index (χ1v) is 7.55. The molecule has 0 radical (unpaired) electrons. The Morgan fingerprint density at radius 3 is 2.67 bits per heavy atom. The largest absolute Gasteiger partial charge is 0.462 e. The predicted octanol–water partition coefficient (Wildman–Crippen LogP) is 2.46. The summed E-state index contributed by atoms with van der Waals surface area (Å²) >= 11 is 1.54. The Labute approximate surface area is 127 Å². The van der Waals surface area contributed by atoms with E-state index in [1.165, 1.54) is 6.07 Å². The van der Waals surface area contributed by atoms with E-state index in [1.54, 1.807) is 42.9 Å². The van der Waals surface area contributed by atoms with Gasteiger partial charge in [-0.3, -0.25) is 4.79 Å². The van der Waals surface area contributed by atoms with Crippen molar-refractivity contribution < 1.29 is 9.53 Å². The van der Waals surface area contributed by atoms with E-state index >= 15 is 0 Å². The van der Waals surface area contributed by atoms with Crippen LogP contribution in [-0.4, -0.2) is 22.1 Å². The number of carbonyl (C=O) groups is 1. The molecule has 2 aromatic heterocycles. The number of aromatic nitrogens is 2. The molecule has 6 heteroatoms. The molecular weight excluding hydrogens is 288 g/mol. The quantitative estimate of drug-likeness (QED) is 0.814. The van der Waals surface area contributed by atoms with Crippen LogP contribution >= 0.6 is 11.3 Å². The van der Waals surface area contributed by atoms with E-state index in [0.29, 0.717) is 30.0 Å². The first-order valence-electron chi connectivity index (χ1n) is 6.73. The zero-order chi connectivity index (χ0) is 15.6. The van der Waals surface area contributed by atoms with Crippen molar-refractivity contribution in [2.75, 3.05) is 6.61 Å². The second-order valence-electron chi connectivity index (χ2n) is 4.80. The van der Waals surface area contributed by atoms with Crippen molar-refractivity contribution in [2.45, 2.75) is 34.2 Å². The van der Waals surface area contributed by atoms with Gasteiger partial charge >= 0.3 is 5.97 Å². The summed E-state index contributed by atoms with van der Waals surface area (Å²) in [5, 5.41) is 0.844. The summed E-state index contributed by atoms with van der Waals surface area (Å²) in [6.45, 7) is 7.92. The van der Waals surface area contributed by atoms with Crippen molar-refractivity contribution in [3.05, 3.63) is 49.3 Å². The summed E-state index contributed by atoms with van der Waals surface area (Å²) in [4.78, 5) is 29.6. The van der Waals surface area contributed by atoms with Crippen LogP contribution in [0.1, 0.15) is 38.4 Å². The minimum absolute atomic E-state index is 0.133. The van der Waals surface area contributed by atoms with E-state index in [-0.39, 0.29) is 5.56 Å². The molecule has 0 aliphatic rings. The van der Waals surface area contributed by atoms with Gasteiger partial charge in [0.25, 0.3) is 5.56 Å². The van der Waals surface area contributed by atoms with Gasteiger partial charge in [0.1, 0.15) is 5.01 Å². The highest BCUT2D eigenvalue weighted by Crippen LogP contribution is 2.16. The number of hydrogen-bond acceptors (Lipinski definition) is 5. The Balaban J connectivity index is 2.48. The zero-order valence-electron chi connectivity index (χ0n) is 12.6. The molecule has 0 atom stereocenters. The van der Waals surface area contributed by atoms with Gasteiger partial charge in [-0.25, -0.2) is 9.78 Å². The van der Waals surface area contributed by atoms with Crippen molar-refractivity contribution in [3.8, 4) is 0 Å². The lowest BCUT2D eigenvalue weighted by Crippen LogP contribution is -2.26. The minimum atomic E-state index is -0.392. The summed E-state index contributed by atoms with van der Waals surface area (Å²) in [7, 11) is 0. The van der Waals surface area contributed by atoms with Crippen LogP contribution in [0.3, 0.4) is 0 Å². The molecule has 0 spiro atoms. The maximum Gasteiger partial charge on any atom is 0.340 e. The van der Waals surface area contributed by atoms with Gasteiger partial charge in [-0.2, -0.15) is 0 Å². The Kier molecular flexibility index (Phi) is 4.57. The fourth-order valence-electron chi connectivity index (χ4n) is 2.24. The van der Waals surface area contributed by atoms with Crippen molar-refractivity contribution in [2.24, 2.45) is 0 Å². The highest BCUT2D eigenvalue weighted by atomic mass is 32.1. The molecule has 0 saturated heterocycles. The van der Waals surface area contributed by atoms with Crippen molar-refractivity contribution >= 4 is 17.3 Å². The predicted molar refractivity (Wildman–Crippen MR) is 82.1 cm³/mol. The maximum absolute atomic E-state index is 12.2. The number of hydrogen-bond donors (Lipinski definition) is 0. The highest BCUT2D eigenvalue weighted by molar-refractivity contribution is 7.11. The van der Waals surface area contributed by atoms with Crippen molar-refractivity contribution in [1.29, 1.82) is 0 Å². The van der Waals surface area contributed by atoms with Gasteiger partial charge < -0.3 is 9.30 Å². The Morgan fingerprint density at radius 1 is 1.38 bits per heavy atom. The molecule has 0 N–H and O–H groups in total. The fraction of sp³-hybridized carbons (Fsp3) is 0.400. The molecule has 112 valence electrons. The molecule has 0 unspecified atom stereocenters. The molecule has 5 nitrogen and oxygen atoms in total. The standard InChI is InChI=1S/C15H18N2O3S/c1-5-20-15(19)14-9(2)6-13(18)17(11(14)4)8-12-16-7-10(3)21-12/h6-7H,5,8H2,1-4H3. The SMILES string of the molecule is CCOC(=O)c1c(C)cc(=O)n(Cc2ncc(C)s2)c1C. The topological polar surface area (TPSA) is 61.2 Å². The molecule has 0 saturated carbocycles. The van der Waals surface area contributed by atoms with Crippen LogP contribution in [0, 0.1) is 20.8 Å². The summed E-state index contributed by atoms with van der Waals surface area (Å²) in [6, 6.07) is 1.47. The smallest absolute Gasteiger partial charge is 0.340 e.